The van der Waals surface area contributed by atoms with Gasteiger partial charge in [0.1, 0.15) is 0 Å². The molecule has 2 fully saturated rings. The van der Waals surface area contributed by atoms with Crippen LogP contribution in [0.3, 0.4) is 0 Å². The van der Waals surface area contributed by atoms with Crippen LogP contribution in [0.25, 0.3) is 0 Å². The first-order chi connectivity index (χ1) is 9.78. The van der Waals surface area contributed by atoms with Crippen LogP contribution in [0, 0.1) is 5.92 Å². The maximum atomic E-state index is 5.09. The molecule has 0 spiro atoms. The minimum absolute atomic E-state index is 0.735. The fourth-order valence-corrected chi connectivity index (χ4v) is 3.92. The highest BCUT2D eigenvalue weighted by atomic mass is 32.1. The SMILES string of the molecule is COCCNCc1sc(N2CCC(C)C2)nc1C1CC1. The van der Waals surface area contributed by atoms with Gasteiger partial charge in [-0.15, -0.1) is 11.3 Å². The van der Waals surface area contributed by atoms with Gasteiger partial charge in [-0.25, -0.2) is 4.98 Å². The Morgan fingerprint density at radius 2 is 2.25 bits per heavy atom. The first kappa shape index (κ1) is 14.3. The molecular weight excluding hydrogens is 270 g/mol. The summed E-state index contributed by atoms with van der Waals surface area (Å²) in [4.78, 5) is 8.88. The van der Waals surface area contributed by atoms with Gasteiger partial charge in [-0.05, 0) is 25.2 Å². The number of aromatic nitrogens is 1. The van der Waals surface area contributed by atoms with E-state index in [2.05, 4.69) is 17.1 Å². The largest absolute Gasteiger partial charge is 0.383 e. The summed E-state index contributed by atoms with van der Waals surface area (Å²) in [5, 5.41) is 4.72. The third-order valence-corrected chi connectivity index (χ3v) is 5.28. The van der Waals surface area contributed by atoms with Gasteiger partial charge in [-0.1, -0.05) is 6.92 Å². The Hall–Kier alpha value is -0.650. The van der Waals surface area contributed by atoms with Gasteiger partial charge < -0.3 is 15.0 Å². The van der Waals surface area contributed by atoms with E-state index in [1.807, 2.05) is 11.3 Å². The number of thiazole rings is 1. The van der Waals surface area contributed by atoms with E-state index in [-0.39, 0.29) is 0 Å². The standard InChI is InChI=1S/C15H25N3OS/c1-11-5-7-18(10-11)15-17-14(12-3-4-12)13(20-15)9-16-6-8-19-2/h11-12,16H,3-10H2,1-2H3. The molecule has 1 aromatic heterocycles. The monoisotopic (exact) mass is 295 g/mol. The van der Waals surface area contributed by atoms with Crippen LogP contribution in [0.1, 0.15) is 42.7 Å². The Kier molecular flexibility index (Phi) is 4.58. The zero-order chi connectivity index (χ0) is 13.9. The summed E-state index contributed by atoms with van der Waals surface area (Å²) in [6, 6.07) is 0. The van der Waals surface area contributed by atoms with E-state index >= 15 is 0 Å². The second-order valence-electron chi connectivity index (χ2n) is 6.09. The van der Waals surface area contributed by atoms with Crippen molar-refractivity contribution < 1.29 is 4.74 Å². The van der Waals surface area contributed by atoms with Gasteiger partial charge in [0, 0.05) is 44.1 Å². The van der Waals surface area contributed by atoms with Gasteiger partial charge in [0.25, 0.3) is 0 Å². The smallest absolute Gasteiger partial charge is 0.185 e. The summed E-state index contributed by atoms with van der Waals surface area (Å²) >= 11 is 1.90. The Balaban J connectivity index is 1.66. The summed E-state index contributed by atoms with van der Waals surface area (Å²) in [6.45, 7) is 7.31. The van der Waals surface area contributed by atoms with Crippen molar-refractivity contribution >= 4 is 16.5 Å². The van der Waals surface area contributed by atoms with Gasteiger partial charge in [0.2, 0.25) is 0 Å². The number of methoxy groups -OCH3 is 1. The van der Waals surface area contributed by atoms with E-state index in [0.29, 0.717) is 0 Å². The fourth-order valence-electron chi connectivity index (χ4n) is 2.77. The van der Waals surface area contributed by atoms with Crippen LogP contribution in [0.15, 0.2) is 0 Å². The van der Waals surface area contributed by atoms with Gasteiger partial charge in [0.05, 0.1) is 12.3 Å². The molecular formula is C15H25N3OS. The molecule has 20 heavy (non-hydrogen) atoms. The van der Waals surface area contributed by atoms with E-state index in [4.69, 9.17) is 9.72 Å². The molecule has 0 radical (unpaired) electrons. The van der Waals surface area contributed by atoms with Crippen molar-refractivity contribution in [2.24, 2.45) is 5.92 Å². The van der Waals surface area contributed by atoms with Gasteiger partial charge in [-0.3, -0.25) is 0 Å². The molecule has 0 bridgehead atoms. The Labute approximate surface area is 125 Å². The normalized spacial score (nSPS) is 22.7. The average molecular weight is 295 g/mol. The van der Waals surface area contributed by atoms with Crippen molar-refractivity contribution in [3.05, 3.63) is 10.6 Å². The number of ether oxygens (including phenoxy) is 1. The van der Waals surface area contributed by atoms with Gasteiger partial charge in [-0.2, -0.15) is 0 Å². The van der Waals surface area contributed by atoms with Gasteiger partial charge >= 0.3 is 0 Å². The van der Waals surface area contributed by atoms with Crippen LogP contribution < -0.4 is 10.2 Å². The maximum absolute atomic E-state index is 5.09. The number of rotatable bonds is 7. The molecule has 3 rings (SSSR count). The summed E-state index contributed by atoms with van der Waals surface area (Å²) < 4.78 is 5.09. The highest BCUT2D eigenvalue weighted by molar-refractivity contribution is 7.15. The van der Waals surface area contributed by atoms with Crippen LogP contribution in [-0.4, -0.2) is 38.3 Å². The van der Waals surface area contributed by atoms with Crippen LogP contribution in [0.4, 0.5) is 5.13 Å². The van der Waals surface area contributed by atoms with Gasteiger partial charge in [0.15, 0.2) is 5.13 Å². The highest BCUT2D eigenvalue weighted by Crippen LogP contribution is 2.44. The minimum Gasteiger partial charge on any atom is -0.383 e. The zero-order valence-corrected chi connectivity index (χ0v) is 13.3. The summed E-state index contributed by atoms with van der Waals surface area (Å²) in [6.07, 6.45) is 3.95. The predicted molar refractivity (Wildman–Crippen MR) is 83.7 cm³/mol. The second-order valence-corrected chi connectivity index (χ2v) is 7.15. The lowest BCUT2D eigenvalue weighted by atomic mass is 10.2. The van der Waals surface area contributed by atoms with Crippen molar-refractivity contribution in [1.82, 2.24) is 10.3 Å². The van der Waals surface area contributed by atoms with E-state index < -0.39 is 0 Å². The van der Waals surface area contributed by atoms with Crippen molar-refractivity contribution in [2.45, 2.75) is 38.6 Å². The second kappa shape index (κ2) is 6.41. The number of hydrogen-bond donors (Lipinski definition) is 1. The predicted octanol–water partition coefficient (Wildman–Crippen LogP) is 2.60. The molecule has 1 unspecified atom stereocenters. The third kappa shape index (κ3) is 3.32. The Morgan fingerprint density at radius 3 is 2.90 bits per heavy atom. The molecule has 1 atom stereocenters. The summed E-state index contributed by atoms with van der Waals surface area (Å²) in [5.74, 6) is 1.55. The minimum atomic E-state index is 0.735. The lowest BCUT2D eigenvalue weighted by Crippen LogP contribution is -2.18. The zero-order valence-electron chi connectivity index (χ0n) is 12.5. The number of nitrogens with one attached hydrogen (secondary N) is 1. The average Bonchev–Trinajstić information content (AvgIpc) is 3.05. The molecule has 2 aliphatic rings. The summed E-state index contributed by atoms with van der Waals surface area (Å²) in [5.41, 5.74) is 1.37. The Bertz CT molecular complexity index is 444. The molecule has 1 saturated heterocycles. The lowest BCUT2D eigenvalue weighted by Gasteiger charge is -2.13. The highest BCUT2D eigenvalue weighted by Gasteiger charge is 2.31. The van der Waals surface area contributed by atoms with Crippen molar-refractivity contribution in [1.29, 1.82) is 0 Å². The van der Waals surface area contributed by atoms with E-state index in [0.717, 1.165) is 31.5 Å². The molecule has 1 aromatic rings. The van der Waals surface area contributed by atoms with E-state index in [9.17, 15) is 0 Å². The molecule has 112 valence electrons. The molecule has 1 saturated carbocycles. The number of nitrogens with zero attached hydrogens (tertiary/aromatic N) is 2. The lowest BCUT2D eigenvalue weighted by molar-refractivity contribution is 0.199. The topological polar surface area (TPSA) is 37.4 Å². The van der Waals surface area contributed by atoms with E-state index in [1.165, 1.54) is 48.1 Å². The van der Waals surface area contributed by atoms with Crippen molar-refractivity contribution in [3.8, 4) is 0 Å². The molecule has 5 heteroatoms. The molecule has 1 aliphatic carbocycles. The molecule has 4 nitrogen and oxygen atoms in total. The van der Waals surface area contributed by atoms with Crippen molar-refractivity contribution in [2.75, 3.05) is 38.3 Å². The van der Waals surface area contributed by atoms with Crippen LogP contribution in [0.5, 0.6) is 0 Å². The van der Waals surface area contributed by atoms with Crippen LogP contribution in [-0.2, 0) is 11.3 Å². The first-order valence-electron chi connectivity index (χ1n) is 7.72. The fraction of sp³-hybridized carbons (Fsp3) is 0.800. The quantitative estimate of drug-likeness (QED) is 0.785. The molecule has 2 heterocycles. The number of anilines is 1. The van der Waals surface area contributed by atoms with Crippen molar-refractivity contribution in [3.63, 3.8) is 0 Å². The molecule has 0 aromatic carbocycles. The molecule has 0 amide bonds. The molecule has 1 aliphatic heterocycles. The first-order valence-corrected chi connectivity index (χ1v) is 8.53. The maximum Gasteiger partial charge on any atom is 0.185 e. The molecule has 1 N–H and O–H groups in total. The number of hydrogen-bond acceptors (Lipinski definition) is 5. The van der Waals surface area contributed by atoms with Crippen LogP contribution in [0.2, 0.25) is 0 Å². The third-order valence-electron chi connectivity index (χ3n) is 4.14. The van der Waals surface area contributed by atoms with E-state index in [1.54, 1.807) is 7.11 Å². The summed E-state index contributed by atoms with van der Waals surface area (Å²) in [7, 11) is 1.75. The Morgan fingerprint density at radius 1 is 1.40 bits per heavy atom. The van der Waals surface area contributed by atoms with Crippen LogP contribution >= 0.6 is 11.3 Å².